The molecule has 230 valence electrons. The van der Waals surface area contributed by atoms with Crippen molar-refractivity contribution >= 4 is 16.9 Å². The first-order chi connectivity index (χ1) is 21.1. The third-order valence-electron chi connectivity index (χ3n) is 8.54. The number of hydrogen-bond acceptors (Lipinski definition) is 9. The molecule has 12 nitrogen and oxygen atoms in total. The van der Waals surface area contributed by atoms with E-state index in [1.54, 1.807) is 13.1 Å². The molecule has 0 aromatic carbocycles. The van der Waals surface area contributed by atoms with Crippen LogP contribution in [0.5, 0.6) is 5.88 Å². The minimum atomic E-state index is -4.82. The number of amides is 1. The highest BCUT2D eigenvalue weighted by atomic mass is 19.4. The van der Waals surface area contributed by atoms with Crippen LogP contribution in [0.25, 0.3) is 22.3 Å². The van der Waals surface area contributed by atoms with E-state index in [9.17, 15) is 23.2 Å². The molecule has 0 spiro atoms. The van der Waals surface area contributed by atoms with E-state index in [4.69, 9.17) is 4.74 Å². The van der Waals surface area contributed by atoms with Crippen molar-refractivity contribution < 1.29 is 22.7 Å². The van der Waals surface area contributed by atoms with Crippen LogP contribution in [-0.4, -0.2) is 89.2 Å². The number of likely N-dealkylation sites (tertiary alicyclic amines) is 1. The molecule has 2 fully saturated rings. The fraction of sp³-hybridized carbons (Fsp3) is 0.483. The first kappa shape index (κ1) is 29.5. The number of aromatic amines is 1. The second kappa shape index (κ2) is 11.5. The molecular weight excluding hydrogens is 577 g/mol. The van der Waals surface area contributed by atoms with Gasteiger partial charge in [-0.2, -0.15) is 28.5 Å². The minimum absolute atomic E-state index is 0.240. The molecule has 5 heterocycles. The summed E-state index contributed by atoms with van der Waals surface area (Å²) in [5, 5.41) is 15.2. The van der Waals surface area contributed by atoms with Crippen molar-refractivity contribution in [2.75, 3.05) is 26.7 Å². The zero-order chi connectivity index (χ0) is 31.1. The fourth-order valence-electron chi connectivity index (χ4n) is 6.02. The molecule has 1 aliphatic heterocycles. The quantitative estimate of drug-likeness (QED) is 0.314. The van der Waals surface area contributed by atoms with Gasteiger partial charge in [0.15, 0.2) is 0 Å². The van der Waals surface area contributed by atoms with Crippen molar-refractivity contribution in [1.82, 2.24) is 44.5 Å². The van der Waals surface area contributed by atoms with Gasteiger partial charge in [0.2, 0.25) is 11.7 Å². The number of nitriles is 1. The third kappa shape index (κ3) is 5.57. The number of ether oxygens (including phenoxy) is 1. The van der Waals surface area contributed by atoms with Gasteiger partial charge in [0.1, 0.15) is 29.3 Å². The number of nitrogens with zero attached hydrogens (tertiary/aromatic N) is 9. The van der Waals surface area contributed by atoms with Crippen LogP contribution < -0.4 is 4.74 Å². The third-order valence-corrected chi connectivity index (χ3v) is 8.54. The molecule has 0 atom stereocenters. The lowest BCUT2D eigenvalue weighted by molar-refractivity contribution is -0.145. The molecule has 44 heavy (non-hydrogen) atoms. The Bertz CT molecular complexity index is 1700. The monoisotopic (exact) mass is 608 g/mol. The zero-order valence-corrected chi connectivity index (χ0v) is 24.3. The summed E-state index contributed by atoms with van der Waals surface area (Å²) < 4.78 is 48.2. The summed E-state index contributed by atoms with van der Waals surface area (Å²) in [6.07, 6.45) is 4.92. The maximum atomic E-state index is 13.5. The second-order valence-corrected chi connectivity index (χ2v) is 11.4. The smallest absolute Gasteiger partial charge is 0.451 e. The van der Waals surface area contributed by atoms with Crippen LogP contribution in [0.4, 0.5) is 13.2 Å². The molecule has 1 saturated carbocycles. The number of carbonyl (C=O) groups is 1. The van der Waals surface area contributed by atoms with Crippen LogP contribution >= 0.6 is 0 Å². The number of fused-ring (bicyclic) bond motifs is 1. The van der Waals surface area contributed by atoms with Gasteiger partial charge in [0.05, 0.1) is 24.4 Å². The Labute approximate surface area is 250 Å². The first-order valence-electron chi connectivity index (χ1n) is 14.4. The normalized spacial score (nSPS) is 20.2. The molecule has 1 aliphatic carbocycles. The number of rotatable bonds is 8. The molecule has 0 radical (unpaired) electrons. The molecule has 1 N–H and O–H groups in total. The fourth-order valence-corrected chi connectivity index (χ4v) is 6.02. The van der Waals surface area contributed by atoms with E-state index in [1.807, 2.05) is 23.1 Å². The van der Waals surface area contributed by atoms with Crippen LogP contribution in [0.3, 0.4) is 0 Å². The number of aromatic nitrogens is 7. The predicted octanol–water partition coefficient (Wildman–Crippen LogP) is 4.04. The number of alkyl halides is 3. The Morgan fingerprint density at radius 3 is 2.70 bits per heavy atom. The van der Waals surface area contributed by atoms with Crippen LogP contribution in [0.1, 0.15) is 55.3 Å². The van der Waals surface area contributed by atoms with Crippen molar-refractivity contribution in [3.63, 3.8) is 0 Å². The van der Waals surface area contributed by atoms with Gasteiger partial charge in [-0.25, -0.2) is 15.0 Å². The summed E-state index contributed by atoms with van der Waals surface area (Å²) in [5.41, 5.74) is 1.53. The number of nitrogens with one attached hydrogen (secondary N) is 1. The zero-order valence-electron chi connectivity index (χ0n) is 24.3. The highest BCUT2D eigenvalue weighted by molar-refractivity contribution is 5.92. The van der Waals surface area contributed by atoms with Gasteiger partial charge >= 0.3 is 6.18 Å². The van der Waals surface area contributed by atoms with Crippen molar-refractivity contribution in [2.24, 2.45) is 0 Å². The SMILES string of the molecule is CCN(C)C(=O)c1cc(OC2CCC(N3CC(CC#N)(n4cc(-c5ncnc6[nH]ccc56)cn4)C3)CC2)nc(C(F)(F)F)n1. The second-order valence-electron chi connectivity index (χ2n) is 11.4. The maximum Gasteiger partial charge on any atom is 0.451 e. The molecule has 2 aliphatic rings. The van der Waals surface area contributed by atoms with Crippen LogP contribution in [0.15, 0.2) is 37.1 Å². The Morgan fingerprint density at radius 1 is 1.23 bits per heavy atom. The van der Waals surface area contributed by atoms with Gasteiger partial charge < -0.3 is 14.6 Å². The van der Waals surface area contributed by atoms with E-state index < -0.39 is 23.4 Å². The van der Waals surface area contributed by atoms with Crippen molar-refractivity contribution in [3.8, 4) is 23.2 Å². The summed E-state index contributed by atoms with van der Waals surface area (Å²) in [7, 11) is 1.49. The summed E-state index contributed by atoms with van der Waals surface area (Å²) >= 11 is 0. The number of H-pyrrole nitrogens is 1. The molecular formula is C29H31F3N10O2. The van der Waals surface area contributed by atoms with Gasteiger partial charge in [-0.15, -0.1) is 0 Å². The van der Waals surface area contributed by atoms with Gasteiger partial charge in [0.25, 0.3) is 5.91 Å². The summed E-state index contributed by atoms with van der Waals surface area (Å²) in [6, 6.07) is 5.66. The Hall–Kier alpha value is -4.58. The van der Waals surface area contributed by atoms with Crippen molar-refractivity contribution in [1.29, 1.82) is 5.26 Å². The summed E-state index contributed by atoms with van der Waals surface area (Å²) in [4.78, 5) is 34.9. The van der Waals surface area contributed by atoms with E-state index >= 15 is 0 Å². The molecule has 4 aromatic rings. The summed E-state index contributed by atoms with van der Waals surface area (Å²) in [5.74, 6) is -2.28. The lowest BCUT2D eigenvalue weighted by Crippen LogP contribution is -2.65. The lowest BCUT2D eigenvalue weighted by atomic mass is 9.82. The number of carbonyl (C=O) groups excluding carboxylic acids is 1. The Balaban J connectivity index is 1.10. The Morgan fingerprint density at radius 2 is 2.00 bits per heavy atom. The lowest BCUT2D eigenvalue weighted by Gasteiger charge is -2.53. The highest BCUT2D eigenvalue weighted by Crippen LogP contribution is 2.39. The van der Waals surface area contributed by atoms with Gasteiger partial charge in [0, 0.05) is 62.1 Å². The molecule has 6 rings (SSSR count). The largest absolute Gasteiger partial charge is 0.474 e. The van der Waals surface area contributed by atoms with E-state index in [0.717, 1.165) is 35.1 Å². The van der Waals surface area contributed by atoms with E-state index in [0.29, 0.717) is 38.9 Å². The van der Waals surface area contributed by atoms with Gasteiger partial charge in [-0.05, 0) is 38.7 Å². The molecule has 15 heteroatoms. The topological polar surface area (TPSA) is 142 Å². The molecule has 1 amide bonds. The molecule has 0 unspecified atom stereocenters. The Kier molecular flexibility index (Phi) is 7.70. The van der Waals surface area contributed by atoms with E-state index in [2.05, 4.69) is 41.0 Å². The first-order valence-corrected chi connectivity index (χ1v) is 14.4. The van der Waals surface area contributed by atoms with E-state index in [1.165, 1.54) is 24.3 Å². The number of halogens is 3. The standard InChI is InChI=1S/C29H31F3N10O2/c1-3-40(2)26(43)22-12-23(39-27(38-22)29(30,31)32)44-20-6-4-19(5-7-20)41-15-28(16-41,9-10-33)42-14-18(13-37-42)24-21-8-11-34-25(21)36-17-35-24/h8,11-14,17,19-20H,3-7,9,15-16H2,1-2H3,(H,34,35,36). The average Bonchev–Trinajstić information content (AvgIpc) is 3.68. The number of hydrogen-bond donors (Lipinski definition) is 1. The van der Waals surface area contributed by atoms with Crippen molar-refractivity contribution in [2.45, 2.75) is 62.9 Å². The maximum absolute atomic E-state index is 13.5. The van der Waals surface area contributed by atoms with Crippen LogP contribution in [0.2, 0.25) is 0 Å². The molecule has 0 bridgehead atoms. The average molecular weight is 609 g/mol. The van der Waals surface area contributed by atoms with Crippen molar-refractivity contribution in [3.05, 3.63) is 48.6 Å². The van der Waals surface area contributed by atoms with Crippen LogP contribution in [-0.2, 0) is 11.7 Å². The predicted molar refractivity (Wildman–Crippen MR) is 151 cm³/mol. The van der Waals surface area contributed by atoms with E-state index in [-0.39, 0.29) is 23.7 Å². The molecule has 1 saturated heterocycles. The summed E-state index contributed by atoms with van der Waals surface area (Å²) in [6.45, 7) is 3.34. The van der Waals surface area contributed by atoms with Gasteiger partial charge in [-0.3, -0.25) is 14.4 Å². The van der Waals surface area contributed by atoms with Gasteiger partial charge in [-0.1, -0.05) is 0 Å². The van der Waals surface area contributed by atoms with Crippen LogP contribution in [0, 0.1) is 11.3 Å². The molecule has 4 aromatic heterocycles. The minimum Gasteiger partial charge on any atom is -0.474 e. The highest BCUT2D eigenvalue weighted by Gasteiger charge is 2.48.